The average molecular weight is 737 g/mol. The first-order valence-electron chi connectivity index (χ1n) is 20.0. The van der Waals surface area contributed by atoms with E-state index in [4.69, 9.17) is 8.39 Å². The summed E-state index contributed by atoms with van der Waals surface area (Å²) in [4.78, 5) is 12.0. The van der Waals surface area contributed by atoms with Crippen molar-refractivity contribution in [3.05, 3.63) is 118 Å². The van der Waals surface area contributed by atoms with Gasteiger partial charge in [0.15, 0.2) is 11.2 Å². The molecule has 0 saturated carbocycles. The van der Waals surface area contributed by atoms with Crippen LogP contribution in [0, 0.1) is 0 Å². The summed E-state index contributed by atoms with van der Waals surface area (Å²) in [6.45, 7) is 27.4. The number of hydrogen-bond acceptors (Lipinski definition) is 3. The third-order valence-electron chi connectivity index (χ3n) is 11.4. The van der Waals surface area contributed by atoms with Gasteiger partial charge in [0.1, 0.15) is 0 Å². The Bertz CT molecular complexity index is 2350. The summed E-state index contributed by atoms with van der Waals surface area (Å²) < 4.78 is 13.6. The summed E-state index contributed by atoms with van der Waals surface area (Å²) in [6, 6.07) is 31.4. The molecule has 1 heterocycles. The predicted octanol–water partition coefficient (Wildman–Crippen LogP) is 16.4. The van der Waals surface area contributed by atoms with Crippen LogP contribution < -0.4 is 0 Å². The topological polar surface area (TPSA) is 46.5 Å². The highest BCUT2D eigenvalue weighted by Gasteiger charge is 2.27. The molecular weight excluding hydrogens is 680 g/mol. The molecule has 0 spiro atoms. The second-order valence-corrected chi connectivity index (χ2v) is 18.0. The molecule has 0 fully saturated rings. The zero-order valence-electron chi connectivity index (χ0n) is 34.3. The lowest BCUT2D eigenvalue weighted by molar-refractivity contribution is 0.496. The van der Waals surface area contributed by atoms with Gasteiger partial charge in [0.05, 0.1) is 0 Å². The fourth-order valence-corrected chi connectivity index (χ4v) is 9.15. The van der Waals surface area contributed by atoms with Crippen molar-refractivity contribution in [2.75, 3.05) is 0 Å². The fraction of sp³-hybridized carbons (Fsp3) is 0.360. The van der Waals surface area contributed by atoms with Crippen LogP contribution in [0.2, 0.25) is 0 Å². The molecule has 6 aromatic carbocycles. The number of fused-ring (bicyclic) bond motifs is 7. The van der Waals surface area contributed by atoms with Crippen LogP contribution in [-0.2, 0) is 0 Å². The molecule has 0 bridgehead atoms. The van der Waals surface area contributed by atoms with Crippen molar-refractivity contribution in [1.82, 2.24) is 0 Å². The summed E-state index contributed by atoms with van der Waals surface area (Å²) in [5.74, 6) is 1.88. The summed E-state index contributed by atoms with van der Waals surface area (Å²) in [7, 11) is -2.35. The maximum absolute atomic E-state index is 12.0. The van der Waals surface area contributed by atoms with E-state index in [1.165, 1.54) is 44.5 Å². The van der Waals surface area contributed by atoms with E-state index in [0.29, 0.717) is 23.0 Å². The van der Waals surface area contributed by atoms with Crippen molar-refractivity contribution >= 4 is 51.7 Å². The van der Waals surface area contributed by atoms with Crippen LogP contribution in [0.5, 0.6) is 0 Å². The lowest BCUT2D eigenvalue weighted by Crippen LogP contribution is -2.04. The molecule has 0 atom stereocenters. The van der Waals surface area contributed by atoms with E-state index < -0.39 is 8.24 Å². The Kier molecular flexibility index (Phi) is 10.4. The van der Waals surface area contributed by atoms with Crippen molar-refractivity contribution in [3.8, 4) is 22.3 Å². The molecule has 3 nitrogen and oxygen atoms in total. The maximum Gasteiger partial charge on any atom is 0.384 e. The first kappa shape index (κ1) is 38.0. The van der Waals surface area contributed by atoms with E-state index in [2.05, 4.69) is 168 Å². The molecule has 4 heteroatoms. The molecule has 0 radical (unpaired) electrons. The zero-order valence-corrected chi connectivity index (χ0v) is 35.2. The summed E-state index contributed by atoms with van der Waals surface area (Å²) >= 11 is 0. The summed E-state index contributed by atoms with van der Waals surface area (Å²) in [5.41, 5.74) is 13.7. The van der Waals surface area contributed by atoms with Gasteiger partial charge in [-0.1, -0.05) is 156 Å². The van der Waals surface area contributed by atoms with Gasteiger partial charge in [-0.25, -0.2) is 0 Å². The van der Waals surface area contributed by atoms with Gasteiger partial charge in [-0.3, -0.25) is 4.89 Å². The molecule has 0 saturated heterocycles. The van der Waals surface area contributed by atoms with E-state index in [1.54, 1.807) is 0 Å². The van der Waals surface area contributed by atoms with Crippen LogP contribution >= 0.6 is 8.24 Å². The molecule has 0 aliphatic rings. The number of hydrogen-bond donors (Lipinski definition) is 1. The van der Waals surface area contributed by atoms with Gasteiger partial charge in [0, 0.05) is 21.9 Å². The van der Waals surface area contributed by atoms with Crippen LogP contribution in [0.25, 0.3) is 65.7 Å². The Morgan fingerprint density at radius 3 is 1.04 bits per heavy atom. The monoisotopic (exact) mass is 736 g/mol. The molecule has 280 valence electrons. The van der Waals surface area contributed by atoms with Crippen LogP contribution in [0.3, 0.4) is 0 Å². The van der Waals surface area contributed by atoms with Crippen molar-refractivity contribution in [1.29, 1.82) is 0 Å². The van der Waals surface area contributed by atoms with Crippen molar-refractivity contribution < 1.29 is 13.3 Å². The third-order valence-corrected chi connectivity index (χ3v) is 12.1. The molecule has 54 heavy (non-hydrogen) atoms. The molecule has 7 aromatic rings. The standard InChI is InChI=1S/C50H57O3P/c1-27(2)35-23-39(29(5)6)45(40(24-35)30(7)8)43-21-33-17-13-15-19-37(33)47-48-38-20-16-14-18-34(38)22-44(50(48)53-54(51)52-49(43)47)46-41(31(9)10)25-36(28(3)4)26-42(46)32(11)12/h13-32,51H,1-12H3. The van der Waals surface area contributed by atoms with Crippen molar-refractivity contribution in [2.24, 2.45) is 0 Å². The number of rotatable bonds is 8. The maximum atomic E-state index is 12.0. The van der Waals surface area contributed by atoms with Gasteiger partial charge in [0.2, 0.25) is 0 Å². The van der Waals surface area contributed by atoms with Crippen molar-refractivity contribution in [3.63, 3.8) is 0 Å². The highest BCUT2D eigenvalue weighted by Crippen LogP contribution is 2.50. The SMILES string of the molecule is CC(C)c1cc(C(C)C)c(-c2cc3ccccc3c3c2op(O)oc2c(-c4c(C(C)C)cc(C(C)C)cc4C(C)C)cc4ccccc4c23)c(C(C)C)c1. The van der Waals surface area contributed by atoms with Gasteiger partial charge in [-0.15, -0.1) is 0 Å². The van der Waals surface area contributed by atoms with E-state index >= 15 is 0 Å². The van der Waals surface area contributed by atoms with Crippen LogP contribution in [0.4, 0.5) is 0 Å². The van der Waals surface area contributed by atoms with Gasteiger partial charge >= 0.3 is 8.24 Å². The van der Waals surface area contributed by atoms with Crippen LogP contribution in [0.15, 0.2) is 93.3 Å². The van der Waals surface area contributed by atoms with Gasteiger partial charge in [0.25, 0.3) is 0 Å². The molecule has 0 aliphatic heterocycles. The van der Waals surface area contributed by atoms with E-state index in [-0.39, 0.29) is 23.7 Å². The second kappa shape index (κ2) is 14.7. The molecular formula is C50H57O3P. The highest BCUT2D eigenvalue weighted by molar-refractivity contribution is 7.30. The molecule has 1 aromatic heterocycles. The largest absolute Gasteiger partial charge is 0.398 e. The Labute approximate surface area is 323 Å². The zero-order chi connectivity index (χ0) is 38.7. The lowest BCUT2D eigenvalue weighted by Gasteiger charge is -2.24. The van der Waals surface area contributed by atoms with Crippen LogP contribution in [0.1, 0.15) is 152 Å². The summed E-state index contributed by atoms with van der Waals surface area (Å²) in [6.07, 6.45) is 0. The lowest BCUT2D eigenvalue weighted by atomic mass is 9.80. The first-order chi connectivity index (χ1) is 25.7. The van der Waals surface area contributed by atoms with Gasteiger partial charge in [-0.2, -0.15) is 0 Å². The van der Waals surface area contributed by atoms with Gasteiger partial charge < -0.3 is 8.39 Å². The Hall–Kier alpha value is -4.30. The fourth-order valence-electron chi connectivity index (χ4n) is 8.42. The quantitative estimate of drug-likeness (QED) is 0.169. The molecule has 0 amide bonds. The Balaban J connectivity index is 1.79. The van der Waals surface area contributed by atoms with Crippen molar-refractivity contribution in [2.45, 2.75) is 119 Å². The second-order valence-electron chi connectivity index (χ2n) is 17.2. The van der Waals surface area contributed by atoms with Gasteiger partial charge in [-0.05, 0) is 114 Å². The normalized spacial score (nSPS) is 12.4. The third kappa shape index (κ3) is 6.58. The smallest absolute Gasteiger partial charge is 0.384 e. The highest BCUT2D eigenvalue weighted by atomic mass is 31.1. The minimum atomic E-state index is -2.35. The minimum Gasteiger partial charge on any atom is -0.398 e. The Morgan fingerprint density at radius 1 is 0.426 bits per heavy atom. The average Bonchev–Trinajstić information content (AvgIpc) is 3.29. The van der Waals surface area contributed by atoms with E-state index in [0.717, 1.165) is 43.4 Å². The summed E-state index contributed by atoms with van der Waals surface area (Å²) in [5, 5.41) is 6.36. The van der Waals surface area contributed by atoms with Crippen LogP contribution in [-0.4, -0.2) is 4.89 Å². The molecule has 0 aliphatic carbocycles. The first-order valence-corrected chi connectivity index (χ1v) is 21.1. The number of benzene rings is 6. The minimum absolute atomic E-state index is 0.272. The van der Waals surface area contributed by atoms with E-state index in [1.807, 2.05) is 0 Å². The van der Waals surface area contributed by atoms with E-state index in [9.17, 15) is 4.89 Å². The molecule has 7 rings (SSSR count). The predicted molar refractivity (Wildman–Crippen MR) is 234 cm³/mol. The Morgan fingerprint density at radius 2 is 0.741 bits per heavy atom. The molecule has 1 N–H and O–H groups in total. The molecule has 0 unspecified atom stereocenters.